The first-order valence-corrected chi connectivity index (χ1v) is 7.56. The van der Waals surface area contributed by atoms with Crippen LogP contribution >= 0.6 is 23.2 Å². The minimum Gasteiger partial charge on any atom is -0.339 e. The van der Waals surface area contributed by atoms with Gasteiger partial charge in [-0.05, 0) is 30.9 Å². The van der Waals surface area contributed by atoms with Crippen LogP contribution in [0.25, 0.3) is 11.4 Å². The van der Waals surface area contributed by atoms with Crippen LogP contribution in [-0.2, 0) is 6.42 Å². The second-order valence-electron chi connectivity index (χ2n) is 5.80. The molecule has 1 aliphatic carbocycles. The van der Waals surface area contributed by atoms with Crippen molar-refractivity contribution in [3.8, 4) is 11.4 Å². The quantitative estimate of drug-likeness (QED) is 0.874. The number of hydrogen-bond acceptors (Lipinski definition) is 4. The smallest absolute Gasteiger partial charge is 0.259 e. The van der Waals surface area contributed by atoms with Crippen molar-refractivity contribution in [2.24, 2.45) is 5.92 Å². The van der Waals surface area contributed by atoms with E-state index in [9.17, 15) is 4.79 Å². The minimum absolute atomic E-state index is 0.152. The number of hydrogen-bond donors (Lipinski definition) is 1. The average molecular weight is 328 g/mol. The highest BCUT2D eigenvalue weighted by Gasteiger charge is 2.56. The number of nitrogens with one attached hydrogen (secondary N) is 1. The molecular formula is C14H15Cl2N3O2. The van der Waals surface area contributed by atoms with Gasteiger partial charge >= 0.3 is 0 Å². The summed E-state index contributed by atoms with van der Waals surface area (Å²) in [6.45, 7) is 4.19. The molecule has 5 nitrogen and oxygen atoms in total. The van der Waals surface area contributed by atoms with Gasteiger partial charge in [-0.1, -0.05) is 19.0 Å². The lowest BCUT2D eigenvalue weighted by Gasteiger charge is -2.04. The van der Waals surface area contributed by atoms with Gasteiger partial charge in [0.1, 0.15) is 4.33 Å². The second kappa shape index (κ2) is 5.14. The lowest BCUT2D eigenvalue weighted by atomic mass is 10.1. The van der Waals surface area contributed by atoms with Crippen molar-refractivity contribution in [2.45, 2.75) is 36.9 Å². The first-order chi connectivity index (χ1) is 9.87. The molecule has 21 heavy (non-hydrogen) atoms. The van der Waals surface area contributed by atoms with Gasteiger partial charge in [-0.15, -0.1) is 23.2 Å². The van der Waals surface area contributed by atoms with Crippen LogP contribution in [0.4, 0.5) is 0 Å². The third kappa shape index (κ3) is 2.99. The molecule has 1 N–H and O–H groups in total. The van der Waals surface area contributed by atoms with Crippen LogP contribution in [0, 0.1) is 5.92 Å². The maximum Gasteiger partial charge on any atom is 0.259 e. The molecule has 0 aromatic carbocycles. The standard InChI is InChI=1S/C14H15Cl2N3O2/c1-7(2)5-8-3-4-9(12(20)17-8)11-18-13(21-19-11)10-6-14(10,15)16/h3-4,7,10H,5-6H2,1-2H3,(H,17,20). The highest BCUT2D eigenvalue weighted by atomic mass is 35.5. The highest BCUT2D eigenvalue weighted by Crippen LogP contribution is 2.59. The van der Waals surface area contributed by atoms with Gasteiger partial charge in [0.2, 0.25) is 11.7 Å². The molecule has 0 saturated heterocycles. The van der Waals surface area contributed by atoms with E-state index in [-0.39, 0.29) is 17.3 Å². The first-order valence-electron chi connectivity index (χ1n) is 6.81. The third-order valence-electron chi connectivity index (χ3n) is 3.40. The zero-order chi connectivity index (χ0) is 15.2. The number of pyridine rings is 1. The monoisotopic (exact) mass is 327 g/mol. The predicted octanol–water partition coefficient (Wildman–Crippen LogP) is 3.28. The van der Waals surface area contributed by atoms with E-state index in [1.54, 1.807) is 6.07 Å². The van der Waals surface area contributed by atoms with Gasteiger partial charge in [0.05, 0.1) is 11.5 Å². The molecule has 1 atom stereocenters. The van der Waals surface area contributed by atoms with Gasteiger partial charge in [-0.3, -0.25) is 4.79 Å². The number of halogens is 2. The Morgan fingerprint density at radius 3 is 2.76 bits per heavy atom. The van der Waals surface area contributed by atoms with Crippen molar-refractivity contribution in [1.82, 2.24) is 15.1 Å². The number of H-pyrrole nitrogens is 1. The molecule has 0 amide bonds. The van der Waals surface area contributed by atoms with Gasteiger partial charge in [-0.25, -0.2) is 0 Å². The Labute approximate surface area is 131 Å². The van der Waals surface area contributed by atoms with Crippen LogP contribution in [0.2, 0.25) is 0 Å². The van der Waals surface area contributed by atoms with E-state index >= 15 is 0 Å². The highest BCUT2D eigenvalue weighted by molar-refractivity contribution is 6.51. The van der Waals surface area contributed by atoms with Gasteiger partial charge in [0.15, 0.2) is 0 Å². The molecule has 0 spiro atoms. The van der Waals surface area contributed by atoms with Gasteiger partial charge in [-0.2, -0.15) is 4.98 Å². The largest absolute Gasteiger partial charge is 0.339 e. The molecule has 1 fully saturated rings. The van der Waals surface area contributed by atoms with Crippen molar-refractivity contribution in [3.63, 3.8) is 0 Å². The molecule has 2 aromatic rings. The Hall–Kier alpha value is -1.33. The summed E-state index contributed by atoms with van der Waals surface area (Å²) in [4.78, 5) is 19.2. The number of nitrogens with zero attached hydrogens (tertiary/aromatic N) is 2. The first kappa shape index (κ1) is 14.6. The maximum absolute atomic E-state index is 12.1. The van der Waals surface area contributed by atoms with Crippen molar-refractivity contribution < 1.29 is 4.52 Å². The number of aromatic nitrogens is 3. The molecular weight excluding hydrogens is 313 g/mol. The summed E-state index contributed by atoms with van der Waals surface area (Å²) >= 11 is 11.9. The van der Waals surface area contributed by atoms with E-state index in [1.807, 2.05) is 6.07 Å². The van der Waals surface area contributed by atoms with Crippen molar-refractivity contribution in [3.05, 3.63) is 34.1 Å². The topological polar surface area (TPSA) is 71.8 Å². The summed E-state index contributed by atoms with van der Waals surface area (Å²) < 4.78 is 4.32. The summed E-state index contributed by atoms with van der Waals surface area (Å²) in [5, 5.41) is 3.84. The van der Waals surface area contributed by atoms with Crippen LogP contribution in [-0.4, -0.2) is 19.5 Å². The van der Waals surface area contributed by atoms with Gasteiger partial charge in [0.25, 0.3) is 5.56 Å². The fraction of sp³-hybridized carbons (Fsp3) is 0.500. The molecule has 2 aromatic heterocycles. The number of rotatable bonds is 4. The van der Waals surface area contributed by atoms with Crippen LogP contribution in [0.3, 0.4) is 0 Å². The fourth-order valence-electron chi connectivity index (χ4n) is 2.22. The van der Waals surface area contributed by atoms with E-state index in [2.05, 4.69) is 29.0 Å². The summed E-state index contributed by atoms with van der Waals surface area (Å²) in [6, 6.07) is 3.59. The second-order valence-corrected chi connectivity index (χ2v) is 7.34. The summed E-state index contributed by atoms with van der Waals surface area (Å²) in [7, 11) is 0. The Balaban J connectivity index is 1.86. The molecule has 1 aliphatic rings. The Morgan fingerprint density at radius 2 is 2.19 bits per heavy atom. The van der Waals surface area contributed by atoms with E-state index in [4.69, 9.17) is 27.7 Å². The molecule has 2 heterocycles. The zero-order valence-corrected chi connectivity index (χ0v) is 13.2. The van der Waals surface area contributed by atoms with Crippen molar-refractivity contribution >= 4 is 23.2 Å². The van der Waals surface area contributed by atoms with E-state index in [0.29, 0.717) is 23.8 Å². The lowest BCUT2D eigenvalue weighted by molar-refractivity contribution is 0.379. The molecule has 112 valence electrons. The van der Waals surface area contributed by atoms with Gasteiger partial charge in [0, 0.05) is 5.69 Å². The average Bonchev–Trinajstić information content (AvgIpc) is 2.83. The minimum atomic E-state index is -0.822. The van der Waals surface area contributed by atoms with E-state index < -0.39 is 4.33 Å². The Morgan fingerprint density at radius 1 is 1.48 bits per heavy atom. The van der Waals surface area contributed by atoms with Crippen LogP contribution in [0.1, 0.15) is 37.8 Å². The lowest BCUT2D eigenvalue weighted by Crippen LogP contribution is -2.13. The van der Waals surface area contributed by atoms with Crippen molar-refractivity contribution in [1.29, 1.82) is 0 Å². The predicted molar refractivity (Wildman–Crippen MR) is 80.7 cm³/mol. The summed E-state index contributed by atoms with van der Waals surface area (Å²) in [5.74, 6) is 0.958. The molecule has 0 radical (unpaired) electrons. The number of alkyl halides is 2. The number of aromatic amines is 1. The zero-order valence-electron chi connectivity index (χ0n) is 11.7. The molecule has 7 heteroatoms. The normalized spacial score (nSPS) is 20.0. The third-order valence-corrected chi connectivity index (χ3v) is 4.24. The van der Waals surface area contributed by atoms with Gasteiger partial charge < -0.3 is 9.51 Å². The Kier molecular flexibility index (Phi) is 3.58. The Bertz CT molecular complexity index is 721. The van der Waals surface area contributed by atoms with Crippen LogP contribution in [0.15, 0.2) is 21.5 Å². The molecule has 3 rings (SSSR count). The fourth-order valence-corrected chi connectivity index (χ4v) is 2.71. The van der Waals surface area contributed by atoms with Crippen molar-refractivity contribution in [2.75, 3.05) is 0 Å². The molecule has 1 unspecified atom stereocenters. The maximum atomic E-state index is 12.1. The van der Waals surface area contributed by atoms with Crippen LogP contribution in [0.5, 0.6) is 0 Å². The SMILES string of the molecule is CC(C)Cc1ccc(-c2noc(C3CC3(Cl)Cl)n2)c(=O)[nH]1. The van der Waals surface area contributed by atoms with E-state index in [0.717, 1.165) is 12.1 Å². The molecule has 0 bridgehead atoms. The summed E-state index contributed by atoms with van der Waals surface area (Å²) in [5.41, 5.74) is 1.05. The van der Waals surface area contributed by atoms with Crippen LogP contribution < -0.4 is 5.56 Å². The van der Waals surface area contributed by atoms with E-state index in [1.165, 1.54) is 0 Å². The molecule has 0 aliphatic heterocycles. The molecule has 1 saturated carbocycles. The summed E-state index contributed by atoms with van der Waals surface area (Å²) in [6.07, 6.45) is 1.40.